The maximum absolute atomic E-state index is 11.9. The van der Waals surface area contributed by atoms with Gasteiger partial charge in [-0.05, 0) is 26.1 Å². The van der Waals surface area contributed by atoms with Crippen LogP contribution in [-0.4, -0.2) is 31.0 Å². The zero-order valence-corrected chi connectivity index (χ0v) is 13.9. The van der Waals surface area contributed by atoms with E-state index in [4.69, 9.17) is 11.6 Å². The summed E-state index contributed by atoms with van der Waals surface area (Å²) < 4.78 is 0. The largest absolute Gasteiger partial charge is 0.351 e. The highest BCUT2D eigenvalue weighted by molar-refractivity contribution is 7.13. The minimum atomic E-state index is -0.143. The molecule has 2 rings (SSSR count). The molecule has 114 valence electrons. The van der Waals surface area contributed by atoms with Crippen molar-refractivity contribution < 1.29 is 4.79 Å². The molecule has 0 unspecified atom stereocenters. The summed E-state index contributed by atoms with van der Waals surface area (Å²) in [6.07, 6.45) is 0.893. The van der Waals surface area contributed by atoms with E-state index in [1.165, 1.54) is 11.3 Å². The molecule has 4 nitrogen and oxygen atoms in total. The molecule has 0 bridgehead atoms. The number of halogens is 2. The second-order valence-corrected chi connectivity index (χ2v) is 5.50. The zero-order valence-electron chi connectivity index (χ0n) is 11.6. The number of thiazole rings is 1. The summed E-state index contributed by atoms with van der Waals surface area (Å²) in [6, 6.07) is 7.49. The highest BCUT2D eigenvalue weighted by Gasteiger charge is 2.12. The van der Waals surface area contributed by atoms with E-state index >= 15 is 0 Å². The topological polar surface area (TPSA) is 54.0 Å². The quantitative estimate of drug-likeness (QED) is 0.790. The maximum atomic E-state index is 11.9. The standard InChI is InChI=1S/C14H16ClN3OS.ClH/c1-16-7-4-8-17-13(19)12-9-20-14(18-12)10-5-2-3-6-11(10)15;/h2-3,5-6,9,16H,4,7-8H2,1H3,(H,17,19);1H. The number of benzene rings is 1. The van der Waals surface area contributed by atoms with Crippen molar-refractivity contribution in [2.24, 2.45) is 0 Å². The van der Waals surface area contributed by atoms with Gasteiger partial charge in [0, 0.05) is 17.5 Å². The van der Waals surface area contributed by atoms with Crippen LogP contribution in [0, 0.1) is 0 Å². The van der Waals surface area contributed by atoms with Crippen molar-refractivity contribution in [3.63, 3.8) is 0 Å². The van der Waals surface area contributed by atoms with E-state index in [0.717, 1.165) is 23.5 Å². The fraction of sp³-hybridized carbons (Fsp3) is 0.286. The van der Waals surface area contributed by atoms with Crippen molar-refractivity contribution >= 4 is 41.3 Å². The predicted octanol–water partition coefficient (Wildman–Crippen LogP) is 3.22. The van der Waals surface area contributed by atoms with Gasteiger partial charge in [-0.15, -0.1) is 23.7 Å². The van der Waals surface area contributed by atoms with Gasteiger partial charge in [-0.2, -0.15) is 0 Å². The Morgan fingerprint density at radius 3 is 2.81 bits per heavy atom. The van der Waals surface area contributed by atoms with Crippen molar-refractivity contribution in [3.8, 4) is 10.6 Å². The van der Waals surface area contributed by atoms with Crippen LogP contribution in [0.5, 0.6) is 0 Å². The summed E-state index contributed by atoms with van der Waals surface area (Å²) >= 11 is 7.55. The Morgan fingerprint density at radius 2 is 2.10 bits per heavy atom. The summed E-state index contributed by atoms with van der Waals surface area (Å²) in [6.45, 7) is 1.51. The van der Waals surface area contributed by atoms with Gasteiger partial charge >= 0.3 is 0 Å². The van der Waals surface area contributed by atoms with Crippen molar-refractivity contribution in [3.05, 3.63) is 40.4 Å². The Balaban J connectivity index is 0.00000220. The number of nitrogens with one attached hydrogen (secondary N) is 2. The molecule has 21 heavy (non-hydrogen) atoms. The number of aromatic nitrogens is 1. The van der Waals surface area contributed by atoms with Crippen LogP contribution in [0.25, 0.3) is 10.6 Å². The Kier molecular flexibility index (Phi) is 7.67. The lowest BCUT2D eigenvalue weighted by Crippen LogP contribution is -2.26. The zero-order chi connectivity index (χ0) is 14.4. The molecule has 0 radical (unpaired) electrons. The van der Waals surface area contributed by atoms with Crippen LogP contribution in [0.1, 0.15) is 16.9 Å². The van der Waals surface area contributed by atoms with E-state index in [9.17, 15) is 4.79 Å². The average Bonchev–Trinajstić information content (AvgIpc) is 2.93. The van der Waals surface area contributed by atoms with Crippen LogP contribution in [0.15, 0.2) is 29.6 Å². The summed E-state index contributed by atoms with van der Waals surface area (Å²) in [4.78, 5) is 16.3. The van der Waals surface area contributed by atoms with Crippen LogP contribution in [0.3, 0.4) is 0 Å². The maximum Gasteiger partial charge on any atom is 0.270 e. The molecule has 0 fully saturated rings. The monoisotopic (exact) mass is 345 g/mol. The molecule has 0 saturated carbocycles. The van der Waals surface area contributed by atoms with Gasteiger partial charge in [-0.1, -0.05) is 29.8 Å². The first-order valence-corrected chi connectivity index (χ1v) is 7.61. The van der Waals surface area contributed by atoms with Crippen molar-refractivity contribution in [2.45, 2.75) is 6.42 Å². The van der Waals surface area contributed by atoms with E-state index in [2.05, 4.69) is 15.6 Å². The lowest BCUT2D eigenvalue weighted by molar-refractivity contribution is 0.0949. The minimum Gasteiger partial charge on any atom is -0.351 e. The van der Waals surface area contributed by atoms with Crippen LogP contribution in [0.2, 0.25) is 5.02 Å². The van der Waals surface area contributed by atoms with Gasteiger partial charge in [-0.3, -0.25) is 4.79 Å². The van der Waals surface area contributed by atoms with Gasteiger partial charge in [0.1, 0.15) is 10.7 Å². The van der Waals surface area contributed by atoms with Gasteiger partial charge in [0.05, 0.1) is 5.02 Å². The third-order valence-corrected chi connectivity index (χ3v) is 3.94. The van der Waals surface area contributed by atoms with Gasteiger partial charge in [0.25, 0.3) is 5.91 Å². The second-order valence-electron chi connectivity index (χ2n) is 4.23. The summed E-state index contributed by atoms with van der Waals surface area (Å²) in [7, 11) is 1.89. The molecule has 0 aliphatic heterocycles. The Bertz CT molecular complexity index is 589. The predicted molar refractivity (Wildman–Crippen MR) is 90.7 cm³/mol. The number of nitrogens with zero attached hydrogens (tertiary/aromatic N) is 1. The van der Waals surface area contributed by atoms with Crippen molar-refractivity contribution in [1.82, 2.24) is 15.6 Å². The van der Waals surface area contributed by atoms with Crippen LogP contribution in [0.4, 0.5) is 0 Å². The molecule has 1 aromatic carbocycles. The van der Waals surface area contributed by atoms with E-state index in [1.54, 1.807) is 5.38 Å². The lowest BCUT2D eigenvalue weighted by atomic mass is 10.2. The smallest absolute Gasteiger partial charge is 0.270 e. The number of hydrogen-bond donors (Lipinski definition) is 2. The number of rotatable bonds is 6. The van der Waals surface area contributed by atoms with Crippen LogP contribution in [-0.2, 0) is 0 Å². The molecule has 0 aliphatic rings. The molecule has 7 heteroatoms. The van der Waals surface area contributed by atoms with E-state index < -0.39 is 0 Å². The summed E-state index contributed by atoms with van der Waals surface area (Å²) in [5, 5.41) is 9.04. The molecule has 0 saturated heterocycles. The molecular weight excluding hydrogens is 329 g/mol. The molecule has 1 aromatic heterocycles. The fourth-order valence-corrected chi connectivity index (χ4v) is 2.81. The number of amides is 1. The van der Waals surface area contributed by atoms with Gasteiger partial charge in [0.2, 0.25) is 0 Å². The molecule has 2 aromatic rings. The first-order valence-electron chi connectivity index (χ1n) is 6.35. The van der Waals surface area contributed by atoms with Gasteiger partial charge in [0.15, 0.2) is 0 Å². The van der Waals surface area contributed by atoms with Gasteiger partial charge in [-0.25, -0.2) is 4.98 Å². The van der Waals surface area contributed by atoms with Crippen molar-refractivity contribution in [1.29, 1.82) is 0 Å². The molecule has 0 aliphatic carbocycles. The third-order valence-electron chi connectivity index (χ3n) is 2.73. The Hall–Kier alpha value is -1.14. The fourth-order valence-electron chi connectivity index (χ4n) is 1.69. The van der Waals surface area contributed by atoms with Crippen LogP contribution < -0.4 is 10.6 Å². The number of hydrogen-bond acceptors (Lipinski definition) is 4. The number of carbonyl (C=O) groups is 1. The molecule has 1 amide bonds. The van der Waals surface area contributed by atoms with E-state index in [0.29, 0.717) is 17.3 Å². The normalized spacial score (nSPS) is 10.0. The number of carbonyl (C=O) groups excluding carboxylic acids is 1. The van der Waals surface area contributed by atoms with Crippen molar-refractivity contribution in [2.75, 3.05) is 20.1 Å². The van der Waals surface area contributed by atoms with Crippen LogP contribution >= 0.6 is 35.3 Å². The van der Waals surface area contributed by atoms with E-state index in [1.807, 2.05) is 31.3 Å². The first-order chi connectivity index (χ1) is 9.72. The molecule has 1 heterocycles. The minimum absolute atomic E-state index is 0. The molecule has 0 atom stereocenters. The second kappa shape index (κ2) is 9.00. The average molecular weight is 346 g/mol. The summed E-state index contributed by atoms with van der Waals surface area (Å²) in [5.74, 6) is -0.143. The van der Waals surface area contributed by atoms with Gasteiger partial charge < -0.3 is 10.6 Å². The highest BCUT2D eigenvalue weighted by Crippen LogP contribution is 2.29. The molecule has 2 N–H and O–H groups in total. The Morgan fingerprint density at radius 1 is 1.33 bits per heavy atom. The molecule has 0 spiro atoms. The molecular formula is C14H17Cl2N3OS. The highest BCUT2D eigenvalue weighted by atomic mass is 35.5. The SMILES string of the molecule is CNCCCNC(=O)c1csc(-c2ccccc2Cl)n1.Cl. The Labute approximate surface area is 139 Å². The lowest BCUT2D eigenvalue weighted by Gasteiger charge is -2.02. The van der Waals surface area contributed by atoms with E-state index in [-0.39, 0.29) is 18.3 Å². The summed E-state index contributed by atoms with van der Waals surface area (Å²) in [5.41, 5.74) is 1.29. The third kappa shape index (κ3) is 4.97. The first kappa shape index (κ1) is 17.9.